The van der Waals surface area contributed by atoms with E-state index in [4.69, 9.17) is 11.6 Å². The second kappa shape index (κ2) is 8.40. The molecule has 1 aromatic heterocycles. The van der Waals surface area contributed by atoms with E-state index in [0.29, 0.717) is 22.8 Å². The maximum atomic E-state index is 12.8. The number of halogens is 1. The molecular formula is C22H22ClN3O2. The van der Waals surface area contributed by atoms with Crippen molar-refractivity contribution in [1.29, 1.82) is 0 Å². The van der Waals surface area contributed by atoms with Crippen LogP contribution in [0.5, 0.6) is 0 Å². The van der Waals surface area contributed by atoms with Gasteiger partial charge in [-0.3, -0.25) is 9.59 Å². The average molecular weight is 396 g/mol. The van der Waals surface area contributed by atoms with Gasteiger partial charge in [0, 0.05) is 11.6 Å². The molecule has 0 fully saturated rings. The fourth-order valence-electron chi connectivity index (χ4n) is 3.05. The highest BCUT2D eigenvalue weighted by Gasteiger charge is 2.22. The summed E-state index contributed by atoms with van der Waals surface area (Å²) in [6.07, 6.45) is 0.416. The molecule has 3 aromatic rings. The first-order chi connectivity index (χ1) is 13.4. The summed E-state index contributed by atoms with van der Waals surface area (Å²) in [4.78, 5) is 25.3. The van der Waals surface area contributed by atoms with Gasteiger partial charge < -0.3 is 5.32 Å². The molecule has 0 aliphatic heterocycles. The molecule has 1 N–H and O–H groups in total. The molecule has 144 valence electrons. The van der Waals surface area contributed by atoms with Crippen LogP contribution in [0, 0.1) is 13.8 Å². The van der Waals surface area contributed by atoms with Gasteiger partial charge in [0.1, 0.15) is 6.04 Å². The zero-order chi connectivity index (χ0) is 20.3. The first-order valence-electron chi connectivity index (χ1n) is 9.13. The van der Waals surface area contributed by atoms with Crippen molar-refractivity contribution in [2.45, 2.75) is 33.2 Å². The quantitative estimate of drug-likeness (QED) is 0.676. The van der Waals surface area contributed by atoms with Crippen molar-refractivity contribution in [3.05, 3.63) is 81.1 Å². The predicted molar refractivity (Wildman–Crippen MR) is 113 cm³/mol. The van der Waals surface area contributed by atoms with Crippen molar-refractivity contribution in [1.82, 2.24) is 9.78 Å². The Morgan fingerprint density at radius 3 is 2.61 bits per heavy atom. The van der Waals surface area contributed by atoms with Gasteiger partial charge in [-0.25, -0.2) is 4.68 Å². The fraction of sp³-hybridized carbons (Fsp3) is 0.227. The van der Waals surface area contributed by atoms with Crippen LogP contribution in [0.15, 0.2) is 59.4 Å². The Balaban J connectivity index is 1.98. The number of benzene rings is 2. The SMILES string of the molecule is CC[C@@H](C(=O)Nc1ccccc1Cl)n1nc(-c2cc(C)ccc2C)ccc1=O. The molecule has 0 saturated carbocycles. The van der Waals surface area contributed by atoms with Crippen LogP contribution in [-0.4, -0.2) is 15.7 Å². The van der Waals surface area contributed by atoms with Gasteiger partial charge in [-0.2, -0.15) is 5.10 Å². The van der Waals surface area contributed by atoms with E-state index in [-0.39, 0.29) is 11.5 Å². The Hall–Kier alpha value is -2.92. The second-order valence-electron chi connectivity index (χ2n) is 6.71. The minimum absolute atomic E-state index is 0.324. The number of rotatable bonds is 5. The molecule has 0 aliphatic rings. The van der Waals surface area contributed by atoms with Crippen LogP contribution >= 0.6 is 11.6 Å². The molecule has 0 radical (unpaired) electrons. The van der Waals surface area contributed by atoms with Gasteiger partial charge in [-0.15, -0.1) is 0 Å². The number of nitrogens with zero attached hydrogens (tertiary/aromatic N) is 2. The third-order valence-corrected chi connectivity index (χ3v) is 4.94. The minimum Gasteiger partial charge on any atom is -0.323 e. The lowest BCUT2D eigenvalue weighted by atomic mass is 10.0. The Morgan fingerprint density at radius 1 is 1.14 bits per heavy atom. The van der Waals surface area contributed by atoms with Crippen LogP contribution in [0.1, 0.15) is 30.5 Å². The molecule has 0 bridgehead atoms. The van der Waals surface area contributed by atoms with Crippen LogP contribution in [0.3, 0.4) is 0 Å². The Morgan fingerprint density at radius 2 is 1.89 bits per heavy atom. The number of anilines is 1. The van der Waals surface area contributed by atoms with Crippen molar-refractivity contribution in [2.75, 3.05) is 5.32 Å². The molecule has 1 heterocycles. The zero-order valence-corrected chi connectivity index (χ0v) is 16.8. The van der Waals surface area contributed by atoms with Gasteiger partial charge in [0.25, 0.3) is 5.56 Å². The van der Waals surface area contributed by atoms with E-state index < -0.39 is 6.04 Å². The van der Waals surface area contributed by atoms with Gasteiger partial charge >= 0.3 is 0 Å². The molecular weight excluding hydrogens is 374 g/mol. The molecule has 0 aliphatic carbocycles. The Bertz CT molecular complexity index is 1080. The molecule has 6 heteroatoms. The van der Waals surface area contributed by atoms with Gasteiger partial charge in [-0.05, 0) is 50.1 Å². The average Bonchev–Trinajstić information content (AvgIpc) is 2.67. The van der Waals surface area contributed by atoms with E-state index in [1.54, 1.807) is 30.3 Å². The smallest absolute Gasteiger partial charge is 0.267 e. The standard InChI is InChI=1S/C22H22ClN3O2/c1-4-20(22(28)24-19-8-6-5-7-17(19)23)26-21(27)12-11-18(25-26)16-13-14(2)9-10-15(16)3/h5-13,20H,4H2,1-3H3,(H,24,28)/t20-/m0/s1. The van der Waals surface area contributed by atoms with E-state index in [0.717, 1.165) is 16.7 Å². The summed E-state index contributed by atoms with van der Waals surface area (Å²) in [6, 6.07) is 15.5. The summed E-state index contributed by atoms with van der Waals surface area (Å²) in [7, 11) is 0. The molecule has 28 heavy (non-hydrogen) atoms. The molecule has 0 spiro atoms. The van der Waals surface area contributed by atoms with Crippen LogP contribution < -0.4 is 10.9 Å². The minimum atomic E-state index is -0.742. The second-order valence-corrected chi connectivity index (χ2v) is 7.12. The monoisotopic (exact) mass is 395 g/mol. The summed E-state index contributed by atoms with van der Waals surface area (Å²) in [5, 5.41) is 7.75. The third kappa shape index (κ3) is 4.15. The van der Waals surface area contributed by atoms with Crippen molar-refractivity contribution in [2.24, 2.45) is 0 Å². The van der Waals surface area contributed by atoms with Gasteiger partial charge in [0.05, 0.1) is 16.4 Å². The van der Waals surface area contributed by atoms with Gasteiger partial charge in [0.15, 0.2) is 0 Å². The number of amides is 1. The summed E-state index contributed by atoms with van der Waals surface area (Å²) >= 11 is 6.13. The highest BCUT2D eigenvalue weighted by atomic mass is 35.5. The van der Waals surface area contributed by atoms with E-state index in [2.05, 4.69) is 10.4 Å². The number of carbonyl (C=O) groups excluding carboxylic acids is 1. The van der Waals surface area contributed by atoms with Crippen LogP contribution in [-0.2, 0) is 4.79 Å². The molecule has 2 aromatic carbocycles. The lowest BCUT2D eigenvalue weighted by Crippen LogP contribution is -2.34. The zero-order valence-electron chi connectivity index (χ0n) is 16.1. The first-order valence-corrected chi connectivity index (χ1v) is 9.51. The maximum Gasteiger partial charge on any atom is 0.267 e. The van der Waals surface area contributed by atoms with Crippen LogP contribution in [0.25, 0.3) is 11.3 Å². The number of carbonyl (C=O) groups is 1. The Kier molecular flexibility index (Phi) is 5.95. The number of aryl methyl sites for hydroxylation is 2. The van der Waals surface area contributed by atoms with Crippen molar-refractivity contribution in [3.8, 4) is 11.3 Å². The number of nitrogens with one attached hydrogen (secondary N) is 1. The van der Waals surface area contributed by atoms with Crippen molar-refractivity contribution in [3.63, 3.8) is 0 Å². The van der Waals surface area contributed by atoms with Crippen molar-refractivity contribution < 1.29 is 4.79 Å². The lowest BCUT2D eigenvalue weighted by Gasteiger charge is -2.18. The molecule has 1 amide bonds. The molecule has 0 saturated heterocycles. The molecule has 3 rings (SSSR count). The predicted octanol–water partition coefficient (Wildman–Crippen LogP) is 4.77. The molecule has 5 nitrogen and oxygen atoms in total. The fourth-order valence-corrected chi connectivity index (χ4v) is 3.23. The number of aromatic nitrogens is 2. The summed E-state index contributed by atoms with van der Waals surface area (Å²) in [5.41, 5.74) is 3.93. The summed E-state index contributed by atoms with van der Waals surface area (Å²) in [5.74, 6) is -0.330. The normalized spacial score (nSPS) is 11.9. The first kappa shape index (κ1) is 19.8. The lowest BCUT2D eigenvalue weighted by molar-refractivity contribution is -0.119. The number of hydrogen-bond acceptors (Lipinski definition) is 3. The summed E-state index contributed by atoms with van der Waals surface area (Å²) < 4.78 is 1.25. The highest BCUT2D eigenvalue weighted by molar-refractivity contribution is 6.33. The maximum absolute atomic E-state index is 12.8. The molecule has 1 atom stereocenters. The third-order valence-electron chi connectivity index (χ3n) is 4.61. The van der Waals surface area contributed by atoms with Crippen LogP contribution in [0.4, 0.5) is 5.69 Å². The molecule has 0 unspecified atom stereocenters. The van der Waals surface area contributed by atoms with E-state index in [1.165, 1.54) is 10.7 Å². The number of para-hydroxylation sites is 1. The van der Waals surface area contributed by atoms with E-state index in [9.17, 15) is 9.59 Å². The number of hydrogen-bond donors (Lipinski definition) is 1. The van der Waals surface area contributed by atoms with Crippen LogP contribution in [0.2, 0.25) is 5.02 Å². The van der Waals surface area contributed by atoms with Crippen molar-refractivity contribution >= 4 is 23.2 Å². The topological polar surface area (TPSA) is 64.0 Å². The van der Waals surface area contributed by atoms with E-state index in [1.807, 2.05) is 39.0 Å². The van der Waals surface area contributed by atoms with E-state index >= 15 is 0 Å². The van der Waals surface area contributed by atoms with Gasteiger partial charge in [0.2, 0.25) is 5.91 Å². The Labute approximate surface area is 169 Å². The summed E-state index contributed by atoms with van der Waals surface area (Å²) in [6.45, 7) is 5.84. The van der Waals surface area contributed by atoms with Gasteiger partial charge in [-0.1, -0.05) is 48.4 Å². The highest BCUT2D eigenvalue weighted by Crippen LogP contribution is 2.24. The largest absolute Gasteiger partial charge is 0.323 e.